The number of amides is 1. The van der Waals surface area contributed by atoms with Crippen LogP contribution >= 0.6 is 23.1 Å². The molecule has 0 spiro atoms. The molecule has 0 aliphatic heterocycles. The number of nitrogens with one attached hydrogen (secondary N) is 1. The molecule has 0 aliphatic carbocycles. The zero-order valence-electron chi connectivity index (χ0n) is 9.27. The summed E-state index contributed by atoms with van der Waals surface area (Å²) in [6.07, 6.45) is 0. The number of benzene rings is 1. The molecule has 0 bridgehead atoms. The first-order chi connectivity index (χ1) is 8.61. The minimum absolute atomic E-state index is 0.311. The minimum atomic E-state index is -0.311. The summed E-state index contributed by atoms with van der Waals surface area (Å²) >= 11 is 6.98. The van der Waals surface area contributed by atoms with Crippen molar-refractivity contribution in [1.82, 2.24) is 9.59 Å². The highest BCUT2D eigenvalue weighted by atomic mass is 35.5. The molecule has 18 heavy (non-hydrogen) atoms. The van der Waals surface area contributed by atoms with E-state index < -0.39 is 0 Å². The van der Waals surface area contributed by atoms with Crippen molar-refractivity contribution in [1.29, 1.82) is 5.26 Å². The third kappa shape index (κ3) is 2.47. The van der Waals surface area contributed by atoms with Gasteiger partial charge in [0, 0.05) is 0 Å². The van der Waals surface area contributed by atoms with Crippen LogP contribution in [-0.2, 0) is 0 Å². The van der Waals surface area contributed by atoms with Crippen molar-refractivity contribution in [2.75, 3.05) is 5.32 Å². The maximum absolute atomic E-state index is 11.9. The lowest BCUT2D eigenvalue weighted by Gasteiger charge is -2.05. The van der Waals surface area contributed by atoms with Gasteiger partial charge in [0.05, 0.1) is 28.0 Å². The molecule has 0 atom stereocenters. The van der Waals surface area contributed by atoms with Gasteiger partial charge in [-0.15, -0.1) is 5.10 Å². The van der Waals surface area contributed by atoms with Crippen LogP contribution in [0.15, 0.2) is 18.2 Å². The van der Waals surface area contributed by atoms with E-state index in [1.807, 2.05) is 6.07 Å². The number of halogens is 1. The predicted octanol–water partition coefficient (Wildman–Crippen LogP) is 2.62. The third-order valence-corrected chi connectivity index (χ3v) is 3.34. The van der Waals surface area contributed by atoms with Gasteiger partial charge in [-0.2, -0.15) is 5.26 Å². The van der Waals surface area contributed by atoms with Crippen molar-refractivity contribution in [3.05, 3.63) is 39.4 Å². The van der Waals surface area contributed by atoms with Crippen LogP contribution in [0.25, 0.3) is 0 Å². The predicted molar refractivity (Wildman–Crippen MR) is 68.8 cm³/mol. The Kier molecular flexibility index (Phi) is 3.55. The van der Waals surface area contributed by atoms with E-state index >= 15 is 0 Å². The minimum Gasteiger partial charge on any atom is -0.320 e. The highest BCUT2D eigenvalue weighted by molar-refractivity contribution is 7.08. The molecule has 2 rings (SSSR count). The number of nitriles is 1. The summed E-state index contributed by atoms with van der Waals surface area (Å²) < 4.78 is 3.69. The van der Waals surface area contributed by atoms with Crippen molar-refractivity contribution >= 4 is 34.7 Å². The molecule has 1 heterocycles. The summed E-state index contributed by atoms with van der Waals surface area (Å²) in [5.41, 5.74) is 1.46. The van der Waals surface area contributed by atoms with E-state index in [9.17, 15) is 4.79 Å². The molecule has 1 aromatic heterocycles. The van der Waals surface area contributed by atoms with Crippen molar-refractivity contribution in [3.63, 3.8) is 0 Å². The molecule has 0 saturated carbocycles. The number of rotatable bonds is 2. The van der Waals surface area contributed by atoms with Crippen LogP contribution in [0.3, 0.4) is 0 Å². The van der Waals surface area contributed by atoms with Gasteiger partial charge in [0.25, 0.3) is 5.91 Å². The van der Waals surface area contributed by atoms with E-state index in [0.717, 1.165) is 11.5 Å². The standard InChI is InChI=1S/C11H7ClN4OS/c1-6-10(18-16-15-6)11(17)14-9-3-2-7(5-13)4-8(9)12/h2-4H,1H3,(H,14,17). The SMILES string of the molecule is Cc1nnsc1C(=O)Nc1ccc(C#N)cc1Cl. The average Bonchev–Trinajstić information content (AvgIpc) is 2.78. The molecule has 1 N–H and O–H groups in total. The first-order valence-corrected chi connectivity index (χ1v) is 6.07. The van der Waals surface area contributed by atoms with E-state index in [1.54, 1.807) is 19.1 Å². The first-order valence-electron chi connectivity index (χ1n) is 4.92. The summed E-state index contributed by atoms with van der Waals surface area (Å²) in [7, 11) is 0. The summed E-state index contributed by atoms with van der Waals surface area (Å²) in [5, 5.41) is 15.4. The molecule has 1 amide bonds. The number of aryl methyl sites for hydroxylation is 1. The van der Waals surface area contributed by atoms with E-state index in [1.165, 1.54) is 6.07 Å². The monoisotopic (exact) mass is 278 g/mol. The molecule has 0 radical (unpaired) electrons. The number of aromatic nitrogens is 2. The number of hydrogen-bond donors (Lipinski definition) is 1. The smallest absolute Gasteiger partial charge is 0.269 e. The molecule has 0 saturated heterocycles. The topological polar surface area (TPSA) is 78.7 Å². The van der Waals surface area contributed by atoms with Crippen molar-refractivity contribution < 1.29 is 4.79 Å². The lowest BCUT2D eigenvalue weighted by atomic mass is 10.2. The quantitative estimate of drug-likeness (QED) is 0.916. The van der Waals surface area contributed by atoms with Crippen molar-refractivity contribution in [3.8, 4) is 6.07 Å². The maximum Gasteiger partial charge on any atom is 0.269 e. The molecule has 0 aliphatic rings. The van der Waals surface area contributed by atoms with Gasteiger partial charge in [-0.25, -0.2) is 0 Å². The molecule has 0 fully saturated rings. The van der Waals surface area contributed by atoms with Crippen LogP contribution in [0, 0.1) is 18.3 Å². The second-order valence-corrected chi connectivity index (χ2v) is 4.61. The second-order valence-electron chi connectivity index (χ2n) is 3.45. The van der Waals surface area contributed by atoms with Gasteiger partial charge in [-0.3, -0.25) is 4.79 Å². The third-order valence-electron chi connectivity index (χ3n) is 2.20. The molecule has 90 valence electrons. The molecule has 2 aromatic rings. The molecular weight excluding hydrogens is 272 g/mol. The zero-order valence-corrected chi connectivity index (χ0v) is 10.8. The summed E-state index contributed by atoms with van der Waals surface area (Å²) in [5.74, 6) is -0.311. The van der Waals surface area contributed by atoms with Gasteiger partial charge in [-0.1, -0.05) is 16.1 Å². The first kappa shape index (κ1) is 12.5. The zero-order chi connectivity index (χ0) is 13.1. The fourth-order valence-corrected chi connectivity index (χ4v) is 2.08. The Labute approximate surface area is 112 Å². The fourth-order valence-electron chi connectivity index (χ4n) is 1.30. The molecule has 1 aromatic carbocycles. The number of hydrogen-bond acceptors (Lipinski definition) is 5. The van der Waals surface area contributed by atoms with Gasteiger partial charge in [0.2, 0.25) is 0 Å². The van der Waals surface area contributed by atoms with Gasteiger partial charge in [-0.05, 0) is 36.7 Å². The van der Waals surface area contributed by atoms with E-state index in [0.29, 0.717) is 26.8 Å². The molecule has 7 heteroatoms. The summed E-state index contributed by atoms with van der Waals surface area (Å²) in [6, 6.07) is 6.63. The Balaban J connectivity index is 2.23. The fraction of sp³-hybridized carbons (Fsp3) is 0.0909. The lowest BCUT2D eigenvalue weighted by molar-refractivity contribution is 0.103. The molecular formula is C11H7ClN4OS. The number of anilines is 1. The van der Waals surface area contributed by atoms with Crippen LogP contribution < -0.4 is 5.32 Å². The van der Waals surface area contributed by atoms with E-state index in [4.69, 9.17) is 16.9 Å². The lowest BCUT2D eigenvalue weighted by Crippen LogP contribution is -2.11. The Morgan fingerprint density at radius 2 is 2.33 bits per heavy atom. The average molecular weight is 279 g/mol. The highest BCUT2D eigenvalue weighted by Crippen LogP contribution is 2.24. The van der Waals surface area contributed by atoms with Crippen LogP contribution in [0.4, 0.5) is 5.69 Å². The maximum atomic E-state index is 11.9. The number of carbonyl (C=O) groups is 1. The Morgan fingerprint density at radius 3 is 2.89 bits per heavy atom. The van der Waals surface area contributed by atoms with E-state index in [2.05, 4.69) is 14.9 Å². The Bertz CT molecular complexity index is 647. The van der Waals surface area contributed by atoms with Gasteiger partial charge >= 0.3 is 0 Å². The van der Waals surface area contributed by atoms with Crippen molar-refractivity contribution in [2.45, 2.75) is 6.92 Å². The van der Waals surface area contributed by atoms with Gasteiger partial charge in [0.15, 0.2) is 0 Å². The number of nitrogens with zero attached hydrogens (tertiary/aromatic N) is 3. The van der Waals surface area contributed by atoms with Crippen LogP contribution in [0.2, 0.25) is 5.02 Å². The highest BCUT2D eigenvalue weighted by Gasteiger charge is 2.14. The molecule has 0 unspecified atom stereocenters. The van der Waals surface area contributed by atoms with Crippen molar-refractivity contribution in [2.24, 2.45) is 0 Å². The van der Waals surface area contributed by atoms with E-state index in [-0.39, 0.29) is 5.91 Å². The van der Waals surface area contributed by atoms with Gasteiger partial charge < -0.3 is 5.32 Å². The largest absolute Gasteiger partial charge is 0.320 e. The normalized spacial score (nSPS) is 9.83. The van der Waals surface area contributed by atoms with Gasteiger partial charge in [0.1, 0.15) is 4.88 Å². The summed E-state index contributed by atoms with van der Waals surface area (Å²) in [6.45, 7) is 1.71. The summed E-state index contributed by atoms with van der Waals surface area (Å²) in [4.78, 5) is 12.3. The van der Waals surface area contributed by atoms with Crippen LogP contribution in [0.5, 0.6) is 0 Å². The number of carbonyl (C=O) groups excluding carboxylic acids is 1. The molecule has 5 nitrogen and oxygen atoms in total. The van der Waals surface area contributed by atoms with Crippen LogP contribution in [0.1, 0.15) is 20.9 Å². The Hall–Kier alpha value is -1.97. The Morgan fingerprint density at radius 1 is 1.56 bits per heavy atom. The second kappa shape index (κ2) is 5.12. The van der Waals surface area contributed by atoms with Crippen LogP contribution in [-0.4, -0.2) is 15.5 Å².